The quantitative estimate of drug-likeness (QED) is 0.261. The number of para-hydroxylation sites is 1. The van der Waals surface area contributed by atoms with Gasteiger partial charge in [-0.15, -0.1) is 0 Å². The zero-order chi connectivity index (χ0) is 28.8. The maximum Gasteiger partial charge on any atom is 0.290 e. The molecule has 214 valence electrons. The number of Topliss-reactive ketones (excluding diaryl/α,β-unsaturated/α-hetero) is 1. The van der Waals surface area contributed by atoms with Gasteiger partial charge in [-0.2, -0.15) is 0 Å². The minimum atomic E-state index is -0.842. The standard InChI is InChI=1S/C31H38N2O7/c1-6-17-39-22-14-13-20(18-24(22)38-9-4)27-26(29(35)31(36)33(27)16-15-32(7-2)8-3)28(34)25-19-21-11-10-12-23(37-5)30(21)40-25/h10-14,18-19,27,35H,6-9,15-17H2,1-5H3. The summed E-state index contributed by atoms with van der Waals surface area (Å²) in [5, 5.41) is 11.8. The molecule has 0 fully saturated rings. The lowest BCUT2D eigenvalue weighted by atomic mass is 9.94. The van der Waals surface area contributed by atoms with Gasteiger partial charge in [0.25, 0.3) is 5.91 Å². The number of furan rings is 1. The van der Waals surface area contributed by atoms with Gasteiger partial charge < -0.3 is 33.5 Å². The summed E-state index contributed by atoms with van der Waals surface area (Å²) in [6.45, 7) is 11.5. The van der Waals surface area contributed by atoms with E-state index in [-0.39, 0.29) is 11.3 Å². The van der Waals surface area contributed by atoms with Crippen LogP contribution >= 0.6 is 0 Å². The Labute approximate surface area is 234 Å². The Morgan fingerprint density at radius 2 is 1.80 bits per heavy atom. The number of ether oxygens (including phenoxy) is 3. The maximum atomic E-state index is 14.0. The number of fused-ring (bicyclic) bond motifs is 1. The van der Waals surface area contributed by atoms with Gasteiger partial charge in [-0.3, -0.25) is 9.59 Å². The lowest BCUT2D eigenvalue weighted by Gasteiger charge is -2.29. The highest BCUT2D eigenvalue weighted by Gasteiger charge is 2.44. The number of ketones is 1. The molecule has 2 heterocycles. The molecule has 0 saturated heterocycles. The fourth-order valence-electron chi connectivity index (χ4n) is 4.99. The molecule has 0 spiro atoms. The van der Waals surface area contributed by atoms with Gasteiger partial charge in [0, 0.05) is 18.5 Å². The summed E-state index contributed by atoms with van der Waals surface area (Å²) >= 11 is 0. The van der Waals surface area contributed by atoms with Gasteiger partial charge >= 0.3 is 0 Å². The van der Waals surface area contributed by atoms with Crippen LogP contribution in [-0.2, 0) is 4.79 Å². The highest BCUT2D eigenvalue weighted by Crippen LogP contribution is 2.42. The van der Waals surface area contributed by atoms with Crippen LogP contribution < -0.4 is 14.2 Å². The zero-order valence-electron chi connectivity index (χ0n) is 23.9. The van der Waals surface area contributed by atoms with Gasteiger partial charge in [0.1, 0.15) is 0 Å². The summed E-state index contributed by atoms with van der Waals surface area (Å²) in [6.07, 6.45) is 0.834. The average Bonchev–Trinajstić information content (AvgIpc) is 3.52. The number of nitrogens with zero attached hydrogens (tertiary/aromatic N) is 2. The first-order valence-electron chi connectivity index (χ1n) is 13.8. The van der Waals surface area contributed by atoms with Gasteiger partial charge in [0.15, 0.2) is 34.4 Å². The molecule has 40 heavy (non-hydrogen) atoms. The molecule has 4 rings (SSSR count). The number of carbonyl (C=O) groups excluding carboxylic acids is 2. The molecular formula is C31H38N2O7. The van der Waals surface area contributed by atoms with Crippen molar-refractivity contribution in [3.8, 4) is 17.2 Å². The molecular weight excluding hydrogens is 512 g/mol. The Kier molecular flexibility index (Phi) is 9.37. The second kappa shape index (κ2) is 12.9. The number of likely N-dealkylation sites (N-methyl/N-ethyl adjacent to an activating group) is 1. The summed E-state index contributed by atoms with van der Waals surface area (Å²) in [6, 6.07) is 11.5. The second-order valence-corrected chi connectivity index (χ2v) is 9.50. The fraction of sp³-hybridized carbons (Fsp3) is 0.419. The van der Waals surface area contributed by atoms with Crippen LogP contribution in [0.3, 0.4) is 0 Å². The lowest BCUT2D eigenvalue weighted by molar-refractivity contribution is -0.129. The lowest BCUT2D eigenvalue weighted by Crippen LogP contribution is -2.38. The van der Waals surface area contributed by atoms with Crippen LogP contribution in [0.1, 0.15) is 56.3 Å². The largest absolute Gasteiger partial charge is 0.503 e. The molecule has 1 aromatic heterocycles. The van der Waals surface area contributed by atoms with Gasteiger partial charge in [0.05, 0.1) is 31.9 Å². The predicted molar refractivity (Wildman–Crippen MR) is 152 cm³/mol. The molecule has 1 aliphatic rings. The van der Waals surface area contributed by atoms with Crippen LogP contribution in [0.4, 0.5) is 0 Å². The molecule has 0 radical (unpaired) electrons. The Morgan fingerprint density at radius 1 is 1.02 bits per heavy atom. The third-order valence-corrected chi connectivity index (χ3v) is 7.10. The monoisotopic (exact) mass is 550 g/mol. The van der Waals surface area contributed by atoms with Crippen LogP contribution in [0.15, 0.2) is 58.2 Å². The summed E-state index contributed by atoms with van der Waals surface area (Å²) in [7, 11) is 1.52. The third kappa shape index (κ3) is 5.65. The second-order valence-electron chi connectivity index (χ2n) is 9.50. The molecule has 1 atom stereocenters. The molecule has 1 aliphatic heterocycles. The summed E-state index contributed by atoms with van der Waals surface area (Å²) in [4.78, 5) is 31.2. The summed E-state index contributed by atoms with van der Waals surface area (Å²) in [5.74, 6) is -0.155. The van der Waals surface area contributed by atoms with E-state index in [0.717, 1.165) is 19.5 Å². The van der Waals surface area contributed by atoms with E-state index in [2.05, 4.69) is 18.7 Å². The number of aliphatic hydroxyl groups excluding tert-OH is 1. The van der Waals surface area contributed by atoms with E-state index in [0.29, 0.717) is 60.1 Å². The highest BCUT2D eigenvalue weighted by atomic mass is 16.5. The first kappa shape index (κ1) is 29.0. The Bertz CT molecular complexity index is 1390. The van der Waals surface area contributed by atoms with Crippen molar-refractivity contribution in [1.82, 2.24) is 9.80 Å². The number of aliphatic hydroxyl groups is 1. The number of methoxy groups -OCH3 is 1. The van der Waals surface area contributed by atoms with Gasteiger partial charge in [-0.05, 0) is 56.3 Å². The third-order valence-electron chi connectivity index (χ3n) is 7.10. The van der Waals surface area contributed by atoms with E-state index in [4.69, 9.17) is 18.6 Å². The van der Waals surface area contributed by atoms with Gasteiger partial charge in [0.2, 0.25) is 5.78 Å². The molecule has 0 aliphatic carbocycles. The topological polar surface area (TPSA) is 102 Å². The molecule has 9 heteroatoms. The fourth-order valence-corrected chi connectivity index (χ4v) is 4.99. The van der Waals surface area contributed by atoms with E-state index in [1.165, 1.54) is 7.11 Å². The number of hydrogen-bond donors (Lipinski definition) is 1. The maximum absolute atomic E-state index is 14.0. The van der Waals surface area contributed by atoms with Crippen molar-refractivity contribution in [3.63, 3.8) is 0 Å². The molecule has 1 unspecified atom stereocenters. The number of amides is 1. The Morgan fingerprint density at radius 3 is 2.48 bits per heavy atom. The summed E-state index contributed by atoms with van der Waals surface area (Å²) < 4.78 is 23.0. The Hall–Kier alpha value is -3.98. The first-order chi connectivity index (χ1) is 19.4. The number of carbonyl (C=O) groups is 2. The Balaban J connectivity index is 1.80. The molecule has 1 amide bonds. The number of rotatable bonds is 14. The van der Waals surface area contributed by atoms with Crippen LogP contribution in [0.2, 0.25) is 0 Å². The van der Waals surface area contributed by atoms with E-state index < -0.39 is 23.5 Å². The van der Waals surface area contributed by atoms with Crippen LogP contribution in [-0.4, -0.2) is 73.1 Å². The molecule has 3 aromatic rings. The minimum absolute atomic E-state index is 0.0115. The van der Waals surface area contributed by atoms with Gasteiger partial charge in [-0.25, -0.2) is 0 Å². The average molecular weight is 551 g/mol. The van der Waals surface area contributed by atoms with E-state index in [9.17, 15) is 14.7 Å². The van der Waals surface area contributed by atoms with Crippen molar-refractivity contribution in [2.75, 3.05) is 46.5 Å². The van der Waals surface area contributed by atoms with Crippen molar-refractivity contribution in [3.05, 3.63) is 65.1 Å². The van der Waals surface area contributed by atoms with Crippen molar-refractivity contribution in [2.24, 2.45) is 0 Å². The SMILES string of the molecule is CCCOc1ccc(C2C(C(=O)c3cc4cccc(OC)c4o3)=C(O)C(=O)N2CCN(CC)CC)cc1OCC. The zero-order valence-corrected chi connectivity index (χ0v) is 23.9. The smallest absolute Gasteiger partial charge is 0.290 e. The van der Waals surface area contributed by atoms with Gasteiger partial charge in [-0.1, -0.05) is 39.0 Å². The van der Waals surface area contributed by atoms with E-state index >= 15 is 0 Å². The molecule has 0 saturated carbocycles. The van der Waals surface area contributed by atoms with Crippen LogP contribution in [0.5, 0.6) is 17.2 Å². The van der Waals surface area contributed by atoms with E-state index in [1.807, 2.05) is 26.0 Å². The van der Waals surface area contributed by atoms with E-state index in [1.54, 1.807) is 35.2 Å². The first-order valence-corrected chi connectivity index (χ1v) is 13.8. The van der Waals surface area contributed by atoms with Crippen LogP contribution in [0, 0.1) is 0 Å². The minimum Gasteiger partial charge on any atom is -0.503 e. The molecule has 9 nitrogen and oxygen atoms in total. The number of benzene rings is 2. The summed E-state index contributed by atoms with van der Waals surface area (Å²) in [5.41, 5.74) is 1.01. The molecule has 1 N–H and O–H groups in total. The normalized spacial score (nSPS) is 15.4. The van der Waals surface area contributed by atoms with Crippen molar-refractivity contribution < 1.29 is 33.3 Å². The molecule has 0 bridgehead atoms. The highest BCUT2D eigenvalue weighted by molar-refractivity contribution is 6.16. The number of hydrogen-bond acceptors (Lipinski definition) is 8. The predicted octanol–water partition coefficient (Wildman–Crippen LogP) is 5.55. The van der Waals surface area contributed by atoms with Crippen molar-refractivity contribution in [1.29, 1.82) is 0 Å². The van der Waals surface area contributed by atoms with Crippen molar-refractivity contribution in [2.45, 2.75) is 40.2 Å². The van der Waals surface area contributed by atoms with Crippen molar-refractivity contribution >= 4 is 22.7 Å². The molecule has 2 aromatic carbocycles. The van der Waals surface area contributed by atoms with Crippen LogP contribution in [0.25, 0.3) is 11.0 Å².